The Morgan fingerprint density at radius 2 is 0.333 bits per heavy atom. The number of nitrogens with zero attached hydrogens (tertiary/aromatic N) is 6. The molecule has 0 aliphatic heterocycles. The summed E-state index contributed by atoms with van der Waals surface area (Å²) in [6, 6.07) is 169. The highest BCUT2D eigenvalue weighted by atomic mass is 15.0. The summed E-state index contributed by atoms with van der Waals surface area (Å²) in [7, 11) is 0. The van der Waals surface area contributed by atoms with Crippen molar-refractivity contribution in [3.63, 3.8) is 0 Å². The van der Waals surface area contributed by atoms with Gasteiger partial charge < -0.3 is 13.7 Å². The Bertz CT molecular complexity index is 7520. The molecule has 576 valence electrons. The molecule has 0 atom stereocenters. The van der Waals surface area contributed by atoms with E-state index in [1.165, 1.54) is 98.8 Å². The third-order valence-corrected chi connectivity index (χ3v) is 23.9. The smallest absolute Gasteiger partial charge is 0.160 e. The summed E-state index contributed by atoms with van der Waals surface area (Å²) < 4.78 is 7.11. The number of rotatable bonds is 15. The van der Waals surface area contributed by atoms with Gasteiger partial charge in [0.15, 0.2) is 5.82 Å². The Hall–Kier alpha value is -16.4. The summed E-state index contributed by atoms with van der Waals surface area (Å²) in [4.78, 5) is 15.9. The monoisotopic (exact) mass is 1570 g/mol. The summed E-state index contributed by atoms with van der Waals surface area (Å²) in [6.07, 6.45) is 0. The molecule has 6 nitrogen and oxygen atoms in total. The number of fused-ring (bicyclic) bond motifs is 9. The van der Waals surface area contributed by atoms with Crippen LogP contribution >= 0.6 is 0 Å². The van der Waals surface area contributed by atoms with Gasteiger partial charge in [-0.3, -0.25) is 0 Å². The summed E-state index contributed by atoms with van der Waals surface area (Å²) in [5.74, 6) is 0.682. The van der Waals surface area contributed by atoms with Gasteiger partial charge in [0.2, 0.25) is 0 Å². The number of benzene rings is 18. The minimum Gasteiger partial charge on any atom is -0.309 e. The van der Waals surface area contributed by atoms with Gasteiger partial charge in [0.05, 0.1) is 55.9 Å². The maximum absolute atomic E-state index is 5.38. The molecule has 0 aliphatic carbocycles. The molecule has 0 spiro atoms. The van der Waals surface area contributed by atoms with Gasteiger partial charge in [-0.15, -0.1) is 0 Å². The van der Waals surface area contributed by atoms with Crippen LogP contribution in [0.25, 0.3) is 217 Å². The minimum absolute atomic E-state index is 0.682. The van der Waals surface area contributed by atoms with E-state index in [9.17, 15) is 0 Å². The van der Waals surface area contributed by atoms with Crippen molar-refractivity contribution in [3.05, 3.63) is 473 Å². The van der Waals surface area contributed by atoms with Crippen molar-refractivity contribution in [2.75, 3.05) is 0 Å². The van der Waals surface area contributed by atoms with E-state index in [2.05, 4.69) is 481 Å². The normalized spacial score (nSPS) is 11.4. The molecule has 0 unspecified atom stereocenters. The van der Waals surface area contributed by atoms with Gasteiger partial charge in [-0.1, -0.05) is 364 Å². The SMILES string of the molecule is c1ccc(-c2cccc(-c3ccc(-c4cc(-c5cccc(-c6ccccc6)c5)nc(-c5cccc(-n6c7ccccc7c7ccccc76)c5)c4)cc3)c2)cc1.c1ccc(-c2cccc(-c3nc(-c4ccc(-c5cccc(-n6c7ccccc7c7ccccc76)c5)cc4)cc(-c4ccc(-c5cccc(-n6c7ccccc7c7ccccc76)c5)cc4)n3)c2)cc1. The molecule has 0 amide bonds. The minimum atomic E-state index is 0.682. The molecular weight excluding hydrogens is 1490 g/mol. The van der Waals surface area contributed by atoms with Crippen LogP contribution in [0.3, 0.4) is 0 Å². The Balaban J connectivity index is 0.000000150. The van der Waals surface area contributed by atoms with E-state index >= 15 is 0 Å². The molecule has 0 bridgehead atoms. The first-order valence-corrected chi connectivity index (χ1v) is 41.9. The van der Waals surface area contributed by atoms with Crippen LogP contribution < -0.4 is 0 Å². The molecule has 0 N–H and O–H groups in total. The van der Waals surface area contributed by atoms with Crippen molar-refractivity contribution < 1.29 is 0 Å². The predicted octanol–water partition coefficient (Wildman–Crippen LogP) is 30.9. The molecule has 123 heavy (non-hydrogen) atoms. The predicted molar refractivity (Wildman–Crippen MR) is 515 cm³/mol. The topological polar surface area (TPSA) is 53.5 Å². The zero-order valence-electron chi connectivity index (χ0n) is 67.2. The van der Waals surface area contributed by atoms with Gasteiger partial charge in [-0.05, 0) is 187 Å². The molecule has 23 rings (SSSR count). The van der Waals surface area contributed by atoms with E-state index in [1.807, 2.05) is 6.07 Å². The Morgan fingerprint density at radius 1 is 0.122 bits per heavy atom. The molecule has 6 heteroatoms. The van der Waals surface area contributed by atoms with Crippen molar-refractivity contribution >= 4 is 65.4 Å². The van der Waals surface area contributed by atoms with Crippen LogP contribution in [0.15, 0.2) is 473 Å². The molecule has 23 aromatic rings. The van der Waals surface area contributed by atoms with Crippen molar-refractivity contribution in [2.45, 2.75) is 0 Å². The zero-order chi connectivity index (χ0) is 81.5. The van der Waals surface area contributed by atoms with Crippen molar-refractivity contribution in [3.8, 4) is 151 Å². The third-order valence-electron chi connectivity index (χ3n) is 23.9. The number of para-hydroxylation sites is 6. The lowest BCUT2D eigenvalue weighted by Crippen LogP contribution is -1.96. The first kappa shape index (κ1) is 73.0. The fourth-order valence-corrected chi connectivity index (χ4v) is 17.9. The summed E-state index contributed by atoms with van der Waals surface area (Å²) in [5.41, 5.74) is 35.6. The van der Waals surface area contributed by atoms with E-state index in [4.69, 9.17) is 15.0 Å². The van der Waals surface area contributed by atoms with Crippen LogP contribution in [-0.4, -0.2) is 28.7 Å². The number of aromatic nitrogens is 6. The molecule has 18 aromatic carbocycles. The second-order valence-electron chi connectivity index (χ2n) is 31.4. The summed E-state index contributed by atoms with van der Waals surface area (Å²) in [5, 5.41) is 7.52. The first-order chi connectivity index (χ1) is 60.9. The number of hydrogen-bond acceptors (Lipinski definition) is 3. The van der Waals surface area contributed by atoms with E-state index in [1.54, 1.807) is 0 Å². The van der Waals surface area contributed by atoms with Gasteiger partial charge in [0.1, 0.15) is 0 Å². The third kappa shape index (κ3) is 14.1. The van der Waals surface area contributed by atoms with Crippen LogP contribution in [0.1, 0.15) is 0 Å². The molecule has 0 fully saturated rings. The molecule has 0 saturated carbocycles. The maximum atomic E-state index is 5.38. The van der Waals surface area contributed by atoms with Crippen LogP contribution in [-0.2, 0) is 0 Å². The largest absolute Gasteiger partial charge is 0.309 e. The fourth-order valence-electron chi connectivity index (χ4n) is 17.9. The van der Waals surface area contributed by atoms with Crippen molar-refractivity contribution in [1.29, 1.82) is 0 Å². The number of hydrogen-bond donors (Lipinski definition) is 0. The van der Waals surface area contributed by atoms with Gasteiger partial charge in [-0.2, -0.15) is 0 Å². The van der Waals surface area contributed by atoms with Gasteiger partial charge >= 0.3 is 0 Å². The standard InChI is InChI=1S/C64H42N4.C53H36N2/c1-2-15-43(16-3-1)48-17-12-20-51(39-48)64-65-58(46-35-31-44(32-36-46)49-18-13-21-52(40-49)67-60-27-8-4-23-54(60)55-24-5-9-28-61(55)67)42-59(66-64)47-37-33-45(34-38-47)50-19-14-22-53(41-50)68-62-29-10-6-25-56(62)57-26-7-11-30-63(57)68;1-3-14-37(15-4-1)41-18-11-19-42(32-41)39-28-30-40(31-29-39)46-35-50(44-21-12-20-43(33-44)38-16-5-2-6-17-38)54-51(36-46)45-22-13-23-47(34-45)55-52-26-9-7-24-48(52)49-25-8-10-27-53(49)55/h1-42H;1-36H. The highest BCUT2D eigenvalue weighted by Gasteiger charge is 2.20. The van der Waals surface area contributed by atoms with Crippen LogP contribution in [0.4, 0.5) is 0 Å². The van der Waals surface area contributed by atoms with Crippen LogP contribution in [0.5, 0.6) is 0 Å². The Labute approximate surface area is 713 Å². The maximum Gasteiger partial charge on any atom is 0.160 e. The fraction of sp³-hybridized carbons (Fsp3) is 0. The van der Waals surface area contributed by atoms with Crippen LogP contribution in [0, 0.1) is 0 Å². The van der Waals surface area contributed by atoms with Gasteiger partial charge in [-0.25, -0.2) is 15.0 Å². The second-order valence-corrected chi connectivity index (χ2v) is 31.4. The molecule has 5 aromatic heterocycles. The molecular formula is C117H78N6. The molecule has 0 aliphatic rings. The highest BCUT2D eigenvalue weighted by molar-refractivity contribution is 6.12. The van der Waals surface area contributed by atoms with Gasteiger partial charge in [0, 0.05) is 77.2 Å². The van der Waals surface area contributed by atoms with Gasteiger partial charge in [0.25, 0.3) is 0 Å². The lowest BCUT2D eigenvalue weighted by molar-refractivity contribution is 1.18. The average molecular weight is 1570 g/mol. The Morgan fingerprint density at radius 3 is 0.667 bits per heavy atom. The molecule has 5 heterocycles. The van der Waals surface area contributed by atoms with E-state index < -0.39 is 0 Å². The van der Waals surface area contributed by atoms with Crippen molar-refractivity contribution in [2.24, 2.45) is 0 Å². The zero-order valence-corrected chi connectivity index (χ0v) is 67.2. The Kier molecular flexibility index (Phi) is 18.9. The molecule has 0 radical (unpaired) electrons. The first-order valence-electron chi connectivity index (χ1n) is 41.9. The van der Waals surface area contributed by atoms with E-state index in [0.717, 1.165) is 112 Å². The van der Waals surface area contributed by atoms with Crippen LogP contribution in [0.2, 0.25) is 0 Å². The van der Waals surface area contributed by atoms with Crippen molar-refractivity contribution in [1.82, 2.24) is 28.7 Å². The summed E-state index contributed by atoms with van der Waals surface area (Å²) >= 11 is 0. The lowest BCUT2D eigenvalue weighted by Gasteiger charge is -2.14. The second kappa shape index (κ2) is 31.8. The lowest BCUT2D eigenvalue weighted by atomic mass is 9.95. The highest BCUT2D eigenvalue weighted by Crippen LogP contribution is 2.42. The molecule has 0 saturated heterocycles. The van der Waals surface area contributed by atoms with E-state index in [0.29, 0.717) is 5.82 Å². The summed E-state index contributed by atoms with van der Waals surface area (Å²) in [6.45, 7) is 0. The quantitative estimate of drug-likeness (QED) is 0.103. The average Bonchev–Trinajstić information content (AvgIpc) is 1.75. The van der Waals surface area contributed by atoms with E-state index in [-0.39, 0.29) is 0 Å². The number of pyridine rings is 1.